The van der Waals surface area contributed by atoms with Crippen LogP contribution in [-0.4, -0.2) is 24.9 Å². The van der Waals surface area contributed by atoms with Gasteiger partial charge in [-0.1, -0.05) is 309 Å². The van der Waals surface area contributed by atoms with E-state index in [0.29, 0.717) is 0 Å². The second kappa shape index (κ2) is 25.0. The largest absolute Gasteiger partial charge is 0.255 e. The standard InChI is InChI=1S/C46H30N2.C45H29N3/c1-4-14-31(15-5-1)39-24-13-25-40-44-38-23-11-10-16-32(38)26-27-41(44)45(48-46(39)40)36-22-12-21-35(28-36)37-29-42(33-17-6-2-7-18-33)47-43(30-37)34-19-8-3-9-20-34;1-2-10-32(11-3-1)37-14-8-15-38-43-36-13-5-4-12-33(36)27-28-39(43)44(48-45(37)38)35-25-21-31(22-26-35)30-19-23-34(24-20-30)40-17-9-18-42(47-40)41-16-6-7-29-46-41/h1-30H;1-29H. The van der Waals surface area contributed by atoms with Crippen LogP contribution in [0.2, 0.25) is 0 Å². The second-order valence-electron chi connectivity index (χ2n) is 24.2. The summed E-state index contributed by atoms with van der Waals surface area (Å²) < 4.78 is 0. The Labute approximate surface area is 556 Å². The van der Waals surface area contributed by atoms with Crippen LogP contribution >= 0.6 is 0 Å². The molecule has 0 saturated carbocycles. The van der Waals surface area contributed by atoms with Gasteiger partial charge in [-0.2, -0.15) is 0 Å². The Morgan fingerprint density at radius 2 is 0.562 bits per heavy atom. The van der Waals surface area contributed by atoms with Gasteiger partial charge in [0.05, 0.1) is 50.9 Å². The van der Waals surface area contributed by atoms with Gasteiger partial charge >= 0.3 is 0 Å². The van der Waals surface area contributed by atoms with Crippen LogP contribution in [0, 0.1) is 0 Å². The molecule has 0 unspecified atom stereocenters. The summed E-state index contributed by atoms with van der Waals surface area (Å²) in [7, 11) is 0. The van der Waals surface area contributed by atoms with E-state index >= 15 is 0 Å². The van der Waals surface area contributed by atoms with Crippen molar-refractivity contribution < 1.29 is 0 Å². The van der Waals surface area contributed by atoms with Gasteiger partial charge in [0, 0.05) is 77.5 Å². The number of nitrogens with zero attached hydrogens (tertiary/aromatic N) is 5. The molecule has 0 atom stereocenters. The van der Waals surface area contributed by atoms with Crippen LogP contribution in [0.25, 0.3) is 177 Å². The average molecular weight is 1220 g/mol. The predicted molar refractivity (Wildman–Crippen MR) is 401 cm³/mol. The van der Waals surface area contributed by atoms with Crippen molar-refractivity contribution in [3.8, 4) is 112 Å². The Hall–Kier alpha value is -12.8. The molecule has 5 heterocycles. The van der Waals surface area contributed by atoms with E-state index in [2.05, 4.69) is 308 Å². The topological polar surface area (TPSA) is 64.5 Å². The molecule has 0 aliphatic rings. The highest BCUT2D eigenvalue weighted by molar-refractivity contribution is 6.25. The van der Waals surface area contributed by atoms with Gasteiger partial charge in [0.2, 0.25) is 0 Å². The summed E-state index contributed by atoms with van der Waals surface area (Å²) in [6.45, 7) is 0. The molecule has 0 bridgehead atoms. The molecule has 18 rings (SSSR count). The van der Waals surface area contributed by atoms with Crippen LogP contribution < -0.4 is 0 Å². The third kappa shape index (κ3) is 10.9. The van der Waals surface area contributed by atoms with E-state index < -0.39 is 0 Å². The Bertz CT molecular complexity index is 5850. The van der Waals surface area contributed by atoms with Crippen molar-refractivity contribution in [3.05, 3.63) is 358 Å². The van der Waals surface area contributed by atoms with E-state index in [1.807, 2.05) is 48.5 Å². The fourth-order valence-corrected chi connectivity index (χ4v) is 13.7. The lowest BCUT2D eigenvalue weighted by atomic mass is 9.92. The van der Waals surface area contributed by atoms with Crippen LogP contribution in [0.4, 0.5) is 0 Å². The predicted octanol–water partition coefficient (Wildman–Crippen LogP) is 23.9. The molecule has 5 aromatic heterocycles. The number of rotatable bonds is 10. The van der Waals surface area contributed by atoms with Crippen LogP contribution in [0.3, 0.4) is 0 Å². The number of para-hydroxylation sites is 2. The first-order valence-corrected chi connectivity index (χ1v) is 32.5. The molecule has 448 valence electrons. The molecule has 18 aromatic rings. The quantitative estimate of drug-likeness (QED) is 0.128. The Kier molecular flexibility index (Phi) is 14.9. The van der Waals surface area contributed by atoms with Crippen molar-refractivity contribution in [2.75, 3.05) is 0 Å². The molecule has 0 aliphatic heterocycles. The summed E-state index contributed by atoms with van der Waals surface area (Å²) >= 11 is 0. The SMILES string of the molecule is c1ccc(-c2cc(-c3cccc(-c4nc5c(-c6ccccc6)cccc5c5c4ccc4ccccc45)c3)cc(-c3ccccc3)n2)cc1.c1ccc(-c2cccc3c2nc(-c2ccc(-c4ccc(-c5cccc(-c6ccccn6)n5)cc4)cc2)c2ccc4ccccc4c23)cc1. The van der Waals surface area contributed by atoms with E-state index in [9.17, 15) is 0 Å². The van der Waals surface area contributed by atoms with Gasteiger partial charge in [-0.25, -0.2) is 19.9 Å². The van der Waals surface area contributed by atoms with Gasteiger partial charge in [-0.3, -0.25) is 4.98 Å². The van der Waals surface area contributed by atoms with E-state index in [4.69, 9.17) is 19.9 Å². The molecule has 96 heavy (non-hydrogen) atoms. The van der Waals surface area contributed by atoms with Gasteiger partial charge in [0.15, 0.2) is 0 Å². The maximum atomic E-state index is 5.51. The van der Waals surface area contributed by atoms with Crippen molar-refractivity contribution in [3.63, 3.8) is 0 Å². The molecular formula is C91H59N5. The molecule has 0 spiro atoms. The smallest absolute Gasteiger partial charge is 0.0893 e. The number of pyridine rings is 5. The zero-order chi connectivity index (χ0) is 63.7. The van der Waals surface area contributed by atoms with Gasteiger partial charge < -0.3 is 0 Å². The van der Waals surface area contributed by atoms with Crippen LogP contribution in [0.1, 0.15) is 0 Å². The molecule has 13 aromatic carbocycles. The third-order valence-electron chi connectivity index (χ3n) is 18.4. The first-order chi connectivity index (χ1) is 47.6. The van der Waals surface area contributed by atoms with E-state index in [1.54, 1.807) is 6.20 Å². The minimum atomic E-state index is 0.867. The lowest BCUT2D eigenvalue weighted by Crippen LogP contribution is -1.94. The van der Waals surface area contributed by atoms with E-state index in [-0.39, 0.29) is 0 Å². The highest BCUT2D eigenvalue weighted by atomic mass is 14.8. The summed E-state index contributed by atoms with van der Waals surface area (Å²) in [4.78, 5) is 25.4. The molecule has 0 saturated heterocycles. The molecule has 5 nitrogen and oxygen atoms in total. The van der Waals surface area contributed by atoms with Crippen molar-refractivity contribution >= 4 is 64.9 Å². The van der Waals surface area contributed by atoms with E-state index in [1.165, 1.54) is 43.3 Å². The fraction of sp³-hybridized carbons (Fsp3) is 0. The third-order valence-corrected chi connectivity index (χ3v) is 18.4. The van der Waals surface area contributed by atoms with Gasteiger partial charge in [-0.15, -0.1) is 0 Å². The van der Waals surface area contributed by atoms with Gasteiger partial charge in [0.25, 0.3) is 0 Å². The zero-order valence-corrected chi connectivity index (χ0v) is 52.3. The highest BCUT2D eigenvalue weighted by Gasteiger charge is 2.20. The molecule has 0 N–H and O–H groups in total. The van der Waals surface area contributed by atoms with Crippen molar-refractivity contribution in [2.24, 2.45) is 0 Å². The number of aromatic nitrogens is 5. The Balaban J connectivity index is 0.000000145. The van der Waals surface area contributed by atoms with Crippen LogP contribution in [0.5, 0.6) is 0 Å². The summed E-state index contributed by atoms with van der Waals surface area (Å²) in [5.41, 5.74) is 23.1. The summed E-state index contributed by atoms with van der Waals surface area (Å²) in [5.74, 6) is 0. The molecule has 0 aliphatic carbocycles. The van der Waals surface area contributed by atoms with Crippen molar-refractivity contribution in [2.45, 2.75) is 0 Å². The Morgan fingerprint density at radius 3 is 1.09 bits per heavy atom. The molecular weight excluding hydrogens is 1160 g/mol. The van der Waals surface area contributed by atoms with Gasteiger partial charge in [0.1, 0.15) is 0 Å². The number of hydrogen-bond acceptors (Lipinski definition) is 5. The number of fused-ring (bicyclic) bond motifs is 10. The summed E-state index contributed by atoms with van der Waals surface area (Å²) in [6.07, 6.45) is 1.80. The van der Waals surface area contributed by atoms with Gasteiger partial charge in [-0.05, 0) is 97.4 Å². The molecule has 5 heteroatoms. The van der Waals surface area contributed by atoms with Crippen molar-refractivity contribution in [1.82, 2.24) is 24.9 Å². The van der Waals surface area contributed by atoms with Crippen molar-refractivity contribution in [1.29, 1.82) is 0 Å². The molecule has 0 fully saturated rings. The van der Waals surface area contributed by atoms with Crippen LogP contribution in [0.15, 0.2) is 358 Å². The molecule has 0 amide bonds. The average Bonchev–Trinajstić information content (AvgIpc) is 0.750. The molecule has 0 radical (unpaired) electrons. The summed E-state index contributed by atoms with van der Waals surface area (Å²) in [6, 6.07) is 124. The lowest BCUT2D eigenvalue weighted by Gasteiger charge is -2.16. The minimum Gasteiger partial charge on any atom is -0.255 e. The summed E-state index contributed by atoms with van der Waals surface area (Å²) in [5, 5.41) is 12.0. The normalized spacial score (nSPS) is 11.3. The second-order valence-corrected chi connectivity index (χ2v) is 24.2. The number of hydrogen-bond donors (Lipinski definition) is 0. The fourth-order valence-electron chi connectivity index (χ4n) is 13.7. The maximum absolute atomic E-state index is 5.51. The highest BCUT2D eigenvalue weighted by Crippen LogP contribution is 2.44. The minimum absolute atomic E-state index is 0.867. The zero-order valence-electron chi connectivity index (χ0n) is 52.3. The van der Waals surface area contributed by atoms with Crippen LogP contribution in [-0.2, 0) is 0 Å². The first kappa shape index (κ1) is 57.1. The monoisotopic (exact) mass is 1220 g/mol. The maximum Gasteiger partial charge on any atom is 0.0893 e. The first-order valence-electron chi connectivity index (χ1n) is 32.5. The Morgan fingerprint density at radius 1 is 0.177 bits per heavy atom. The number of benzene rings is 13. The lowest BCUT2D eigenvalue weighted by molar-refractivity contribution is 1.25. The van der Waals surface area contributed by atoms with E-state index in [0.717, 1.165) is 134 Å².